The van der Waals surface area contributed by atoms with Crippen molar-refractivity contribution in [2.45, 2.75) is 104 Å². The Kier molecular flexibility index (Phi) is 15.6. The van der Waals surface area contributed by atoms with Crippen molar-refractivity contribution >= 4 is 0 Å². The highest BCUT2D eigenvalue weighted by atomic mass is 15.1. The highest BCUT2D eigenvalue weighted by molar-refractivity contribution is 5.01. The largest absolute Gasteiger partial charge is 0.380 e. The third-order valence-corrected chi connectivity index (χ3v) is 4.22. The molecule has 1 saturated carbocycles. The Morgan fingerprint density at radius 2 is 1.24 bits per heavy atom. The van der Waals surface area contributed by atoms with Crippen LogP contribution < -0.4 is 0 Å². The zero-order valence-corrected chi connectivity index (χ0v) is 15.4. The van der Waals surface area contributed by atoms with Crippen molar-refractivity contribution < 1.29 is 0 Å². The molecular formula is C20H41N. The Labute approximate surface area is 135 Å². The van der Waals surface area contributed by atoms with Gasteiger partial charge in [0, 0.05) is 13.6 Å². The van der Waals surface area contributed by atoms with E-state index in [1.54, 1.807) is 5.57 Å². The summed E-state index contributed by atoms with van der Waals surface area (Å²) in [5, 5.41) is 0. The number of unbranched alkanes of at least 4 members (excludes halogenated alkanes) is 4. The summed E-state index contributed by atoms with van der Waals surface area (Å²) < 4.78 is 0. The van der Waals surface area contributed by atoms with Crippen LogP contribution in [0.15, 0.2) is 11.8 Å². The summed E-state index contributed by atoms with van der Waals surface area (Å²) in [6.07, 6.45) is 20.4. The first-order chi connectivity index (χ1) is 10.2. The van der Waals surface area contributed by atoms with E-state index >= 15 is 0 Å². The van der Waals surface area contributed by atoms with Gasteiger partial charge in [-0.05, 0) is 38.3 Å². The van der Waals surface area contributed by atoms with E-state index in [0.717, 1.165) is 0 Å². The average molecular weight is 296 g/mol. The van der Waals surface area contributed by atoms with Gasteiger partial charge in [0.25, 0.3) is 0 Å². The zero-order chi connectivity index (χ0) is 15.8. The SMILES string of the molecule is CCCCCC.CCCCN(C)C=C1CCCCCCC1. The van der Waals surface area contributed by atoms with Crippen LogP contribution in [0.5, 0.6) is 0 Å². The van der Waals surface area contributed by atoms with E-state index in [1.165, 1.54) is 90.0 Å². The van der Waals surface area contributed by atoms with Crippen LogP contribution in [0, 0.1) is 0 Å². The highest BCUT2D eigenvalue weighted by Crippen LogP contribution is 2.21. The van der Waals surface area contributed by atoms with E-state index in [9.17, 15) is 0 Å². The van der Waals surface area contributed by atoms with Crippen LogP contribution in [-0.4, -0.2) is 18.5 Å². The van der Waals surface area contributed by atoms with Crippen LogP contribution in [0.3, 0.4) is 0 Å². The van der Waals surface area contributed by atoms with Gasteiger partial charge in [0.2, 0.25) is 0 Å². The average Bonchev–Trinajstić information content (AvgIpc) is 2.46. The summed E-state index contributed by atoms with van der Waals surface area (Å²) in [5.41, 5.74) is 1.69. The van der Waals surface area contributed by atoms with Gasteiger partial charge in [-0.1, -0.05) is 77.7 Å². The third kappa shape index (κ3) is 14.2. The van der Waals surface area contributed by atoms with Crippen LogP contribution in [0.25, 0.3) is 0 Å². The Balaban J connectivity index is 0.000000567. The highest BCUT2D eigenvalue weighted by Gasteiger charge is 2.04. The van der Waals surface area contributed by atoms with Gasteiger partial charge < -0.3 is 4.90 Å². The molecule has 0 aromatic rings. The number of hydrogen-bond donors (Lipinski definition) is 0. The molecule has 1 aliphatic rings. The van der Waals surface area contributed by atoms with Gasteiger partial charge in [-0.25, -0.2) is 0 Å². The molecule has 126 valence electrons. The molecule has 0 amide bonds. The first kappa shape index (κ1) is 20.5. The molecule has 21 heavy (non-hydrogen) atoms. The van der Waals surface area contributed by atoms with E-state index in [1.807, 2.05) is 0 Å². The van der Waals surface area contributed by atoms with Crippen molar-refractivity contribution in [1.82, 2.24) is 4.90 Å². The molecule has 1 nitrogen and oxygen atoms in total. The lowest BCUT2D eigenvalue weighted by molar-refractivity contribution is 0.431. The van der Waals surface area contributed by atoms with Crippen molar-refractivity contribution in [3.05, 3.63) is 11.8 Å². The van der Waals surface area contributed by atoms with Gasteiger partial charge >= 0.3 is 0 Å². The van der Waals surface area contributed by atoms with Crippen molar-refractivity contribution in [1.29, 1.82) is 0 Å². The van der Waals surface area contributed by atoms with E-state index < -0.39 is 0 Å². The van der Waals surface area contributed by atoms with Gasteiger partial charge in [-0.2, -0.15) is 0 Å². The molecule has 1 aliphatic carbocycles. The molecule has 0 heterocycles. The lowest BCUT2D eigenvalue weighted by Gasteiger charge is -2.18. The molecule has 0 atom stereocenters. The van der Waals surface area contributed by atoms with E-state index in [0.29, 0.717) is 0 Å². The molecular weight excluding hydrogens is 254 g/mol. The second-order valence-electron chi connectivity index (χ2n) is 6.60. The number of allylic oxidation sites excluding steroid dienone is 1. The van der Waals surface area contributed by atoms with Crippen LogP contribution >= 0.6 is 0 Å². The summed E-state index contributed by atoms with van der Waals surface area (Å²) in [7, 11) is 2.22. The summed E-state index contributed by atoms with van der Waals surface area (Å²) in [4.78, 5) is 2.39. The second-order valence-corrected chi connectivity index (χ2v) is 6.60. The molecule has 1 heteroatoms. The van der Waals surface area contributed by atoms with Crippen molar-refractivity contribution in [2.24, 2.45) is 0 Å². The fraction of sp³-hybridized carbons (Fsp3) is 0.900. The summed E-state index contributed by atoms with van der Waals surface area (Å²) in [5.74, 6) is 0. The van der Waals surface area contributed by atoms with Crippen molar-refractivity contribution in [2.75, 3.05) is 13.6 Å². The maximum absolute atomic E-state index is 2.42. The molecule has 0 unspecified atom stereocenters. The van der Waals surface area contributed by atoms with Crippen molar-refractivity contribution in [3.8, 4) is 0 Å². The maximum atomic E-state index is 2.42. The fourth-order valence-corrected chi connectivity index (χ4v) is 2.77. The Morgan fingerprint density at radius 1 is 0.762 bits per heavy atom. The van der Waals surface area contributed by atoms with Crippen LogP contribution in [0.1, 0.15) is 104 Å². The Morgan fingerprint density at radius 3 is 1.71 bits per heavy atom. The lowest BCUT2D eigenvalue weighted by Crippen LogP contribution is -2.13. The third-order valence-electron chi connectivity index (χ3n) is 4.22. The zero-order valence-electron chi connectivity index (χ0n) is 15.4. The minimum atomic E-state index is 1.22. The first-order valence-corrected chi connectivity index (χ1v) is 9.64. The molecule has 0 aromatic heterocycles. The van der Waals surface area contributed by atoms with Gasteiger partial charge in [0.15, 0.2) is 0 Å². The lowest BCUT2D eigenvalue weighted by atomic mass is 9.97. The summed E-state index contributed by atoms with van der Waals surface area (Å²) in [6.45, 7) is 7.95. The van der Waals surface area contributed by atoms with E-state index in [4.69, 9.17) is 0 Å². The molecule has 0 N–H and O–H groups in total. The van der Waals surface area contributed by atoms with Crippen molar-refractivity contribution in [3.63, 3.8) is 0 Å². The number of rotatable bonds is 7. The van der Waals surface area contributed by atoms with Crippen LogP contribution in [0.2, 0.25) is 0 Å². The molecule has 0 bridgehead atoms. The second kappa shape index (κ2) is 15.9. The summed E-state index contributed by atoms with van der Waals surface area (Å²) >= 11 is 0. The van der Waals surface area contributed by atoms with E-state index in [-0.39, 0.29) is 0 Å². The predicted molar refractivity (Wildman–Crippen MR) is 97.8 cm³/mol. The fourth-order valence-electron chi connectivity index (χ4n) is 2.77. The normalized spacial score (nSPS) is 15.5. The molecule has 0 spiro atoms. The number of hydrogen-bond acceptors (Lipinski definition) is 1. The molecule has 1 fully saturated rings. The smallest absolute Gasteiger partial charge is 0.0169 e. The molecule has 0 saturated heterocycles. The van der Waals surface area contributed by atoms with Gasteiger partial charge in [-0.3, -0.25) is 0 Å². The van der Waals surface area contributed by atoms with Crippen LogP contribution in [0.4, 0.5) is 0 Å². The molecule has 0 radical (unpaired) electrons. The predicted octanol–water partition coefficient (Wildman–Crippen LogP) is 6.93. The molecule has 0 aliphatic heterocycles. The minimum absolute atomic E-state index is 1.22. The molecule has 1 rings (SSSR count). The first-order valence-electron chi connectivity index (χ1n) is 9.64. The van der Waals surface area contributed by atoms with E-state index in [2.05, 4.69) is 38.9 Å². The maximum Gasteiger partial charge on any atom is 0.0169 e. The van der Waals surface area contributed by atoms with Gasteiger partial charge in [-0.15, -0.1) is 0 Å². The standard InChI is InChI=1S/C14H27N.C6H14/c1-3-4-12-15(2)13-14-10-8-6-5-7-9-11-14;1-3-5-6-4-2/h13H,3-12H2,1-2H3;3-6H2,1-2H3. The monoisotopic (exact) mass is 295 g/mol. The molecule has 0 aromatic carbocycles. The Hall–Kier alpha value is -0.460. The minimum Gasteiger partial charge on any atom is -0.380 e. The van der Waals surface area contributed by atoms with Gasteiger partial charge in [0.1, 0.15) is 0 Å². The Bertz CT molecular complexity index is 218. The topological polar surface area (TPSA) is 3.24 Å². The summed E-state index contributed by atoms with van der Waals surface area (Å²) in [6, 6.07) is 0. The van der Waals surface area contributed by atoms with Crippen LogP contribution in [-0.2, 0) is 0 Å². The quantitative estimate of drug-likeness (QED) is 0.460. The number of nitrogens with zero attached hydrogens (tertiary/aromatic N) is 1. The van der Waals surface area contributed by atoms with Gasteiger partial charge in [0.05, 0.1) is 0 Å².